The Morgan fingerprint density at radius 1 is 1.33 bits per heavy atom. The molecular weight excluding hydrogens is 238 g/mol. The maximum Gasteiger partial charge on any atom is 0.204 e. The molecule has 1 aromatic rings. The molecular formula is C14H18F2O2. The van der Waals surface area contributed by atoms with Crippen LogP contribution in [-0.2, 0) is 6.42 Å². The molecule has 0 aromatic heterocycles. The SMILES string of the molecule is CCCCC[C@H]1CCc2cc(O)c(F)c(F)c2O1. The number of aromatic hydroxyl groups is 1. The number of benzene rings is 1. The second-order valence-corrected chi connectivity index (χ2v) is 4.79. The number of rotatable bonds is 4. The lowest BCUT2D eigenvalue weighted by Crippen LogP contribution is -2.23. The van der Waals surface area contributed by atoms with E-state index in [1.54, 1.807) is 0 Å². The summed E-state index contributed by atoms with van der Waals surface area (Å²) in [5, 5.41) is 9.22. The van der Waals surface area contributed by atoms with Crippen molar-refractivity contribution >= 4 is 0 Å². The van der Waals surface area contributed by atoms with Crippen molar-refractivity contribution in [2.24, 2.45) is 0 Å². The fourth-order valence-electron chi connectivity index (χ4n) is 2.33. The lowest BCUT2D eigenvalue weighted by molar-refractivity contribution is 0.150. The molecule has 0 saturated carbocycles. The highest BCUT2D eigenvalue weighted by molar-refractivity contribution is 5.43. The van der Waals surface area contributed by atoms with Gasteiger partial charge in [-0.25, -0.2) is 0 Å². The van der Waals surface area contributed by atoms with Crippen molar-refractivity contribution in [2.45, 2.75) is 51.6 Å². The van der Waals surface area contributed by atoms with Crippen molar-refractivity contribution in [3.63, 3.8) is 0 Å². The van der Waals surface area contributed by atoms with Crippen LogP contribution in [0.2, 0.25) is 0 Å². The molecule has 100 valence electrons. The van der Waals surface area contributed by atoms with E-state index in [2.05, 4.69) is 6.92 Å². The van der Waals surface area contributed by atoms with E-state index in [0.717, 1.165) is 32.1 Å². The van der Waals surface area contributed by atoms with Crippen LogP contribution in [0.1, 0.15) is 44.6 Å². The molecule has 18 heavy (non-hydrogen) atoms. The Morgan fingerprint density at radius 2 is 2.11 bits per heavy atom. The van der Waals surface area contributed by atoms with Gasteiger partial charge in [0, 0.05) is 5.56 Å². The Morgan fingerprint density at radius 3 is 2.83 bits per heavy atom. The molecule has 0 radical (unpaired) electrons. The highest BCUT2D eigenvalue weighted by Gasteiger charge is 2.26. The number of hydrogen-bond donors (Lipinski definition) is 1. The van der Waals surface area contributed by atoms with Gasteiger partial charge in [0.2, 0.25) is 11.6 Å². The molecule has 0 amide bonds. The second-order valence-electron chi connectivity index (χ2n) is 4.79. The maximum atomic E-state index is 13.6. The van der Waals surface area contributed by atoms with E-state index in [-0.39, 0.29) is 11.9 Å². The number of unbranched alkanes of at least 4 members (excludes halogenated alkanes) is 2. The predicted octanol–water partition coefficient (Wildman–Crippen LogP) is 3.94. The number of halogens is 2. The molecule has 1 aliphatic rings. The van der Waals surface area contributed by atoms with Crippen LogP contribution < -0.4 is 4.74 Å². The molecule has 2 nitrogen and oxygen atoms in total. The molecule has 0 unspecified atom stereocenters. The third-order valence-corrected chi connectivity index (χ3v) is 3.37. The first-order valence-corrected chi connectivity index (χ1v) is 6.50. The molecule has 1 N–H and O–H groups in total. The number of phenols is 1. The van der Waals surface area contributed by atoms with E-state index in [9.17, 15) is 13.9 Å². The van der Waals surface area contributed by atoms with Gasteiger partial charge in [0.1, 0.15) is 0 Å². The van der Waals surface area contributed by atoms with E-state index < -0.39 is 17.4 Å². The molecule has 1 aliphatic heterocycles. The van der Waals surface area contributed by atoms with Gasteiger partial charge in [-0.15, -0.1) is 0 Å². The summed E-state index contributed by atoms with van der Waals surface area (Å²) in [7, 11) is 0. The standard InChI is InChI=1S/C14H18F2O2/c1-2-3-4-5-10-7-6-9-8-11(17)12(15)13(16)14(9)18-10/h8,10,17H,2-7H2,1H3/t10-/m0/s1. The Hall–Kier alpha value is -1.32. The summed E-state index contributed by atoms with van der Waals surface area (Å²) in [6.45, 7) is 2.12. The average molecular weight is 256 g/mol. The second kappa shape index (κ2) is 5.55. The lowest BCUT2D eigenvalue weighted by atomic mass is 9.98. The monoisotopic (exact) mass is 256 g/mol. The fourth-order valence-corrected chi connectivity index (χ4v) is 2.33. The minimum atomic E-state index is -1.22. The van der Waals surface area contributed by atoms with Crippen molar-refractivity contribution in [1.29, 1.82) is 0 Å². The molecule has 4 heteroatoms. The molecule has 0 bridgehead atoms. The zero-order valence-electron chi connectivity index (χ0n) is 10.5. The van der Waals surface area contributed by atoms with Crippen LogP contribution in [0.5, 0.6) is 11.5 Å². The van der Waals surface area contributed by atoms with Crippen LogP contribution in [0, 0.1) is 11.6 Å². The van der Waals surface area contributed by atoms with E-state index >= 15 is 0 Å². The van der Waals surface area contributed by atoms with Gasteiger partial charge in [-0.2, -0.15) is 8.78 Å². The quantitative estimate of drug-likeness (QED) is 0.827. The minimum absolute atomic E-state index is 0.0157. The Labute approximate surface area is 106 Å². The zero-order valence-corrected chi connectivity index (χ0v) is 10.5. The van der Waals surface area contributed by atoms with Gasteiger partial charge in [-0.3, -0.25) is 0 Å². The lowest BCUT2D eigenvalue weighted by Gasteiger charge is -2.26. The number of phenolic OH excluding ortho intramolecular Hbond substituents is 1. The number of fused-ring (bicyclic) bond motifs is 1. The first kappa shape index (κ1) is 13.1. The zero-order chi connectivity index (χ0) is 13.1. The van der Waals surface area contributed by atoms with Crippen molar-refractivity contribution in [2.75, 3.05) is 0 Å². The van der Waals surface area contributed by atoms with E-state index in [1.165, 1.54) is 6.07 Å². The van der Waals surface area contributed by atoms with Gasteiger partial charge in [0.05, 0.1) is 6.10 Å². The van der Waals surface area contributed by atoms with Gasteiger partial charge in [-0.1, -0.05) is 19.8 Å². The van der Waals surface area contributed by atoms with E-state index in [0.29, 0.717) is 12.0 Å². The highest BCUT2D eigenvalue weighted by atomic mass is 19.2. The third kappa shape index (κ3) is 2.57. The van der Waals surface area contributed by atoms with Gasteiger partial charge in [-0.05, 0) is 31.7 Å². The van der Waals surface area contributed by atoms with Crippen LogP contribution in [0.4, 0.5) is 8.78 Å². The fraction of sp³-hybridized carbons (Fsp3) is 0.571. The minimum Gasteiger partial charge on any atom is -0.505 e. The van der Waals surface area contributed by atoms with Crippen molar-refractivity contribution in [3.05, 3.63) is 23.3 Å². The Balaban J connectivity index is 2.11. The number of hydrogen-bond acceptors (Lipinski definition) is 2. The molecule has 0 saturated heterocycles. The van der Waals surface area contributed by atoms with E-state index in [1.807, 2.05) is 0 Å². The Bertz CT molecular complexity index is 432. The molecule has 2 rings (SSSR count). The molecule has 1 heterocycles. The molecule has 1 aromatic carbocycles. The maximum absolute atomic E-state index is 13.6. The van der Waals surface area contributed by atoms with Crippen molar-refractivity contribution < 1.29 is 18.6 Å². The van der Waals surface area contributed by atoms with Gasteiger partial charge in [0.15, 0.2) is 11.5 Å². The normalized spacial score (nSPS) is 18.3. The van der Waals surface area contributed by atoms with Crippen LogP contribution >= 0.6 is 0 Å². The summed E-state index contributed by atoms with van der Waals surface area (Å²) < 4.78 is 32.4. The van der Waals surface area contributed by atoms with Crippen LogP contribution in [0.25, 0.3) is 0 Å². The van der Waals surface area contributed by atoms with Crippen LogP contribution in [0.3, 0.4) is 0 Å². The predicted molar refractivity (Wildman–Crippen MR) is 64.9 cm³/mol. The van der Waals surface area contributed by atoms with Crippen LogP contribution in [0.15, 0.2) is 6.07 Å². The van der Waals surface area contributed by atoms with Gasteiger partial charge in [0.25, 0.3) is 0 Å². The molecule has 1 atom stereocenters. The number of ether oxygens (including phenoxy) is 1. The average Bonchev–Trinajstić information content (AvgIpc) is 2.37. The van der Waals surface area contributed by atoms with E-state index in [4.69, 9.17) is 4.74 Å². The largest absolute Gasteiger partial charge is 0.505 e. The summed E-state index contributed by atoms with van der Waals surface area (Å²) in [5.41, 5.74) is 0.554. The summed E-state index contributed by atoms with van der Waals surface area (Å²) in [6.07, 6.45) is 5.54. The summed E-state index contributed by atoms with van der Waals surface area (Å²) in [4.78, 5) is 0. The van der Waals surface area contributed by atoms with Gasteiger partial charge < -0.3 is 9.84 Å². The summed E-state index contributed by atoms with van der Waals surface area (Å²) in [6, 6.07) is 1.26. The topological polar surface area (TPSA) is 29.5 Å². The molecule has 0 spiro atoms. The molecule has 0 fully saturated rings. The molecule has 0 aliphatic carbocycles. The summed E-state index contributed by atoms with van der Waals surface area (Å²) >= 11 is 0. The van der Waals surface area contributed by atoms with Crippen molar-refractivity contribution in [1.82, 2.24) is 0 Å². The van der Waals surface area contributed by atoms with Crippen LogP contribution in [-0.4, -0.2) is 11.2 Å². The smallest absolute Gasteiger partial charge is 0.204 e. The number of aryl methyl sites for hydroxylation is 1. The van der Waals surface area contributed by atoms with Crippen molar-refractivity contribution in [3.8, 4) is 11.5 Å². The third-order valence-electron chi connectivity index (χ3n) is 3.37. The first-order chi connectivity index (χ1) is 8.63. The van der Waals surface area contributed by atoms with Gasteiger partial charge >= 0.3 is 0 Å². The first-order valence-electron chi connectivity index (χ1n) is 6.50. The summed E-state index contributed by atoms with van der Waals surface area (Å²) in [5.74, 6) is -2.94. The highest BCUT2D eigenvalue weighted by Crippen LogP contribution is 2.36. The Kier molecular flexibility index (Phi) is 4.04.